The van der Waals surface area contributed by atoms with Crippen molar-refractivity contribution in [3.63, 3.8) is 0 Å². The van der Waals surface area contributed by atoms with E-state index in [2.05, 4.69) is 19.1 Å². The smallest absolute Gasteiger partial charge is 0.303 e. The van der Waals surface area contributed by atoms with Gasteiger partial charge in [-0.05, 0) is 38.5 Å². The standard InChI is InChI=1S/C22H34O4/c1-2-3-4-5-8-11-14-18-19(21(24)17-20(18)23)15-12-9-6-7-10-13-16-22(25)26/h8-9,11-12,14,19,21,24H,2-7,10,13,15-17H2,1H3,(H,25,26)/b11-8+,12-9-,18-14+/t19-,21?/m1/s1. The zero-order valence-electron chi connectivity index (χ0n) is 16.0. The van der Waals surface area contributed by atoms with E-state index in [1.165, 1.54) is 19.3 Å². The lowest BCUT2D eigenvalue weighted by Crippen LogP contribution is -2.13. The highest BCUT2D eigenvalue weighted by Gasteiger charge is 2.35. The lowest BCUT2D eigenvalue weighted by atomic mass is 9.95. The second-order valence-electron chi connectivity index (χ2n) is 7.05. The maximum Gasteiger partial charge on any atom is 0.303 e. The van der Waals surface area contributed by atoms with Gasteiger partial charge < -0.3 is 10.2 Å². The van der Waals surface area contributed by atoms with Crippen molar-refractivity contribution in [3.05, 3.63) is 36.0 Å². The fraction of sp³-hybridized carbons (Fsp3) is 0.636. The highest BCUT2D eigenvalue weighted by molar-refractivity contribution is 5.99. The van der Waals surface area contributed by atoms with Gasteiger partial charge in [0.15, 0.2) is 5.78 Å². The van der Waals surface area contributed by atoms with Crippen LogP contribution in [0.4, 0.5) is 0 Å². The van der Waals surface area contributed by atoms with Crippen molar-refractivity contribution in [1.29, 1.82) is 0 Å². The molecular weight excluding hydrogens is 328 g/mol. The van der Waals surface area contributed by atoms with Gasteiger partial charge in [0.2, 0.25) is 0 Å². The van der Waals surface area contributed by atoms with Gasteiger partial charge in [-0.15, -0.1) is 0 Å². The van der Waals surface area contributed by atoms with Crippen LogP contribution in [0.3, 0.4) is 0 Å². The van der Waals surface area contributed by atoms with E-state index in [9.17, 15) is 14.7 Å². The van der Waals surface area contributed by atoms with Crippen molar-refractivity contribution in [2.45, 2.75) is 83.7 Å². The molecule has 1 aliphatic rings. The highest BCUT2D eigenvalue weighted by atomic mass is 16.4. The first-order valence-electron chi connectivity index (χ1n) is 10.0. The number of aliphatic hydroxyl groups excluding tert-OH is 1. The van der Waals surface area contributed by atoms with Crippen LogP contribution in [-0.2, 0) is 9.59 Å². The van der Waals surface area contributed by atoms with E-state index in [4.69, 9.17) is 5.11 Å². The van der Waals surface area contributed by atoms with E-state index in [1.54, 1.807) is 0 Å². The molecule has 0 amide bonds. The second kappa shape index (κ2) is 13.5. The monoisotopic (exact) mass is 362 g/mol. The van der Waals surface area contributed by atoms with E-state index in [1.807, 2.05) is 18.2 Å². The summed E-state index contributed by atoms with van der Waals surface area (Å²) in [5.41, 5.74) is 0.746. The minimum atomic E-state index is -0.737. The Morgan fingerprint density at radius 3 is 2.54 bits per heavy atom. The lowest BCUT2D eigenvalue weighted by Gasteiger charge is -2.12. The fourth-order valence-corrected chi connectivity index (χ4v) is 3.22. The number of aliphatic hydroxyl groups is 1. The molecule has 2 atom stereocenters. The number of carboxylic acid groups (broad SMARTS) is 1. The Hall–Kier alpha value is -1.68. The average molecular weight is 363 g/mol. The summed E-state index contributed by atoms with van der Waals surface area (Å²) in [7, 11) is 0. The number of carbonyl (C=O) groups is 2. The molecule has 1 saturated carbocycles. The molecule has 0 heterocycles. The van der Waals surface area contributed by atoms with Crippen LogP contribution in [0.5, 0.6) is 0 Å². The number of carboxylic acids is 1. The molecule has 4 nitrogen and oxygen atoms in total. The van der Waals surface area contributed by atoms with Crippen molar-refractivity contribution in [2.75, 3.05) is 0 Å². The van der Waals surface area contributed by atoms with Crippen molar-refractivity contribution in [3.8, 4) is 0 Å². The molecule has 0 radical (unpaired) electrons. The molecule has 0 aromatic rings. The van der Waals surface area contributed by atoms with Crippen LogP contribution in [0.2, 0.25) is 0 Å². The molecule has 0 aromatic heterocycles. The molecular formula is C22H34O4. The van der Waals surface area contributed by atoms with Crippen LogP contribution in [0.1, 0.15) is 77.6 Å². The van der Waals surface area contributed by atoms with Crippen LogP contribution in [0.15, 0.2) is 36.0 Å². The Bertz CT molecular complexity index is 516. The van der Waals surface area contributed by atoms with E-state index < -0.39 is 12.1 Å². The third-order valence-electron chi connectivity index (χ3n) is 4.78. The topological polar surface area (TPSA) is 74.6 Å². The maximum atomic E-state index is 12.1. The van der Waals surface area contributed by atoms with Gasteiger partial charge in [-0.2, -0.15) is 0 Å². The van der Waals surface area contributed by atoms with E-state index >= 15 is 0 Å². The average Bonchev–Trinajstić information content (AvgIpc) is 2.86. The third kappa shape index (κ3) is 9.14. The maximum absolute atomic E-state index is 12.1. The number of carbonyl (C=O) groups excluding carboxylic acids is 1. The van der Waals surface area contributed by atoms with Crippen LogP contribution in [-0.4, -0.2) is 28.1 Å². The van der Waals surface area contributed by atoms with Crippen LogP contribution < -0.4 is 0 Å². The van der Waals surface area contributed by atoms with Crippen LogP contribution in [0.25, 0.3) is 0 Å². The number of hydrogen-bond donors (Lipinski definition) is 2. The molecule has 0 saturated heterocycles. The van der Waals surface area contributed by atoms with Crippen molar-refractivity contribution >= 4 is 11.8 Å². The number of aliphatic carboxylic acids is 1. The first-order valence-corrected chi connectivity index (χ1v) is 10.0. The van der Waals surface area contributed by atoms with Gasteiger partial charge in [-0.1, -0.05) is 56.6 Å². The fourth-order valence-electron chi connectivity index (χ4n) is 3.22. The van der Waals surface area contributed by atoms with Gasteiger partial charge in [0.25, 0.3) is 0 Å². The van der Waals surface area contributed by atoms with Gasteiger partial charge in [0.1, 0.15) is 0 Å². The summed E-state index contributed by atoms with van der Waals surface area (Å²) in [5.74, 6) is -0.784. The van der Waals surface area contributed by atoms with Crippen molar-refractivity contribution in [2.24, 2.45) is 5.92 Å². The zero-order valence-corrected chi connectivity index (χ0v) is 16.0. The molecule has 4 heteroatoms. The molecule has 1 aliphatic carbocycles. The van der Waals surface area contributed by atoms with Crippen LogP contribution >= 0.6 is 0 Å². The van der Waals surface area contributed by atoms with Crippen LogP contribution in [0, 0.1) is 5.92 Å². The SMILES string of the molecule is CCCCC/C=C/C=C1/C(=O)CC(O)[C@@H]1C/C=C\CCCCCC(=O)O. The molecule has 1 fully saturated rings. The molecule has 0 aliphatic heterocycles. The van der Waals surface area contributed by atoms with E-state index in [0.29, 0.717) is 6.42 Å². The molecule has 146 valence electrons. The van der Waals surface area contributed by atoms with Crippen molar-refractivity contribution < 1.29 is 19.8 Å². The number of ketones is 1. The van der Waals surface area contributed by atoms with Gasteiger partial charge in [0.05, 0.1) is 6.10 Å². The number of rotatable bonds is 13. The van der Waals surface area contributed by atoms with E-state index in [0.717, 1.165) is 37.7 Å². The highest BCUT2D eigenvalue weighted by Crippen LogP contribution is 2.31. The molecule has 0 aromatic carbocycles. The Morgan fingerprint density at radius 1 is 1.08 bits per heavy atom. The zero-order chi connectivity index (χ0) is 19.2. The summed E-state index contributed by atoms with van der Waals surface area (Å²) in [6, 6.07) is 0. The van der Waals surface area contributed by atoms with Crippen molar-refractivity contribution in [1.82, 2.24) is 0 Å². The number of allylic oxidation sites excluding steroid dienone is 5. The Labute approximate surface area is 157 Å². The third-order valence-corrected chi connectivity index (χ3v) is 4.78. The predicted molar refractivity (Wildman–Crippen MR) is 105 cm³/mol. The molecule has 1 rings (SSSR count). The molecule has 0 spiro atoms. The summed E-state index contributed by atoms with van der Waals surface area (Å²) in [4.78, 5) is 22.5. The largest absolute Gasteiger partial charge is 0.481 e. The quantitative estimate of drug-likeness (QED) is 0.275. The first-order chi connectivity index (χ1) is 12.6. The van der Waals surface area contributed by atoms with Gasteiger partial charge in [-0.25, -0.2) is 0 Å². The number of hydrogen-bond acceptors (Lipinski definition) is 3. The first kappa shape index (κ1) is 22.4. The Balaban J connectivity index is 2.38. The number of unbranched alkanes of at least 4 members (excludes halogenated alkanes) is 6. The summed E-state index contributed by atoms with van der Waals surface area (Å²) < 4.78 is 0. The normalized spacial score (nSPS) is 22.2. The summed E-state index contributed by atoms with van der Waals surface area (Å²) in [6.45, 7) is 2.18. The minimum Gasteiger partial charge on any atom is -0.481 e. The predicted octanol–water partition coefficient (Wildman–Crippen LogP) is 4.98. The summed E-state index contributed by atoms with van der Waals surface area (Å²) >= 11 is 0. The van der Waals surface area contributed by atoms with Gasteiger partial charge in [0, 0.05) is 24.3 Å². The molecule has 1 unspecified atom stereocenters. The minimum absolute atomic E-state index is 0.0581. The summed E-state index contributed by atoms with van der Waals surface area (Å²) in [5, 5.41) is 18.7. The second-order valence-corrected chi connectivity index (χ2v) is 7.05. The Kier molecular flexibility index (Phi) is 11.6. The number of Topliss-reactive ketones (excluding diaryl/α,β-unsaturated/α-hetero) is 1. The molecule has 0 bridgehead atoms. The van der Waals surface area contributed by atoms with Gasteiger partial charge in [-0.3, -0.25) is 9.59 Å². The Morgan fingerprint density at radius 2 is 1.81 bits per heavy atom. The molecule has 26 heavy (non-hydrogen) atoms. The summed E-state index contributed by atoms with van der Waals surface area (Å²) in [6.07, 6.45) is 18.8. The van der Waals surface area contributed by atoms with E-state index in [-0.39, 0.29) is 24.5 Å². The molecule has 2 N–H and O–H groups in total. The van der Waals surface area contributed by atoms with Gasteiger partial charge >= 0.3 is 5.97 Å². The lowest BCUT2D eigenvalue weighted by molar-refractivity contribution is -0.137.